The molecule has 1 N–H and O–H groups in total. The van der Waals surface area contributed by atoms with Crippen LogP contribution in [0.5, 0.6) is 0 Å². The summed E-state index contributed by atoms with van der Waals surface area (Å²) in [5.41, 5.74) is 2.85. The number of carboxylic acids is 1. The first kappa shape index (κ1) is 11.7. The van der Waals surface area contributed by atoms with Crippen LogP contribution in [0.2, 0.25) is 5.02 Å². The van der Waals surface area contributed by atoms with Crippen LogP contribution in [0, 0.1) is 6.92 Å². The molecule has 0 saturated heterocycles. The van der Waals surface area contributed by atoms with E-state index in [1.54, 1.807) is 23.7 Å². The number of nitrogens with zero attached hydrogens (tertiary/aromatic N) is 1. The Bertz CT molecular complexity index is 570. The van der Waals surface area contributed by atoms with E-state index in [4.69, 9.17) is 11.6 Å². The second-order valence-electron chi connectivity index (χ2n) is 3.96. The lowest BCUT2D eigenvalue weighted by Crippen LogP contribution is -2.05. The van der Waals surface area contributed by atoms with E-state index >= 15 is 0 Å². The first-order valence-corrected chi connectivity index (χ1v) is 5.53. The Kier molecular flexibility index (Phi) is 2.94. The monoisotopic (exact) mass is 249 g/mol. The molecule has 0 saturated carbocycles. The van der Waals surface area contributed by atoms with Crippen LogP contribution < -0.4 is 0 Å². The lowest BCUT2D eigenvalue weighted by atomic mass is 10.0. The van der Waals surface area contributed by atoms with Crippen molar-refractivity contribution < 1.29 is 9.90 Å². The first-order chi connectivity index (χ1) is 8.00. The van der Waals surface area contributed by atoms with Crippen LogP contribution in [0.4, 0.5) is 0 Å². The van der Waals surface area contributed by atoms with Gasteiger partial charge in [0.25, 0.3) is 0 Å². The van der Waals surface area contributed by atoms with Crippen molar-refractivity contribution in [2.24, 2.45) is 7.05 Å². The van der Waals surface area contributed by atoms with E-state index in [0.29, 0.717) is 10.7 Å². The number of hydrogen-bond acceptors (Lipinski definition) is 1. The maximum atomic E-state index is 11.2. The van der Waals surface area contributed by atoms with E-state index in [9.17, 15) is 9.90 Å². The summed E-state index contributed by atoms with van der Waals surface area (Å²) in [5, 5.41) is 9.87. The van der Waals surface area contributed by atoms with Crippen molar-refractivity contribution in [2.75, 3.05) is 0 Å². The van der Waals surface area contributed by atoms with Gasteiger partial charge >= 0.3 is 5.97 Å². The highest BCUT2D eigenvalue weighted by Crippen LogP contribution is 2.29. The van der Waals surface area contributed by atoms with Gasteiger partial charge in [0.1, 0.15) is 5.69 Å². The minimum Gasteiger partial charge on any atom is -0.477 e. The summed E-state index contributed by atoms with van der Waals surface area (Å²) in [7, 11) is 1.73. The van der Waals surface area contributed by atoms with Gasteiger partial charge in [0.05, 0.1) is 0 Å². The quantitative estimate of drug-likeness (QED) is 0.887. The van der Waals surface area contributed by atoms with E-state index in [1.807, 2.05) is 25.3 Å². The minimum atomic E-state index is -0.925. The van der Waals surface area contributed by atoms with Crippen molar-refractivity contribution >= 4 is 17.6 Å². The molecule has 1 aromatic carbocycles. The summed E-state index contributed by atoms with van der Waals surface area (Å²) in [4.78, 5) is 11.2. The molecule has 4 heteroatoms. The number of halogens is 1. The number of aryl methyl sites for hydroxylation is 2. The van der Waals surface area contributed by atoms with Gasteiger partial charge in [-0.05, 0) is 30.2 Å². The lowest BCUT2D eigenvalue weighted by molar-refractivity contribution is 0.0687. The molecule has 0 radical (unpaired) electrons. The fourth-order valence-corrected chi connectivity index (χ4v) is 2.15. The molecule has 0 aliphatic rings. The number of aromatic nitrogens is 1. The van der Waals surface area contributed by atoms with Gasteiger partial charge in [-0.25, -0.2) is 4.79 Å². The predicted molar refractivity (Wildman–Crippen MR) is 67.6 cm³/mol. The Morgan fingerprint density at radius 2 is 1.88 bits per heavy atom. The molecule has 0 aliphatic heterocycles. The lowest BCUT2D eigenvalue weighted by Gasteiger charge is -2.04. The molecule has 2 aromatic rings. The highest BCUT2D eigenvalue weighted by atomic mass is 35.5. The van der Waals surface area contributed by atoms with Crippen molar-refractivity contribution in [1.82, 2.24) is 4.57 Å². The Morgan fingerprint density at radius 1 is 1.29 bits per heavy atom. The number of hydrogen-bond donors (Lipinski definition) is 1. The molecule has 3 nitrogen and oxygen atoms in total. The summed E-state index contributed by atoms with van der Waals surface area (Å²) in [6.45, 7) is 1.90. The zero-order valence-electron chi connectivity index (χ0n) is 9.57. The van der Waals surface area contributed by atoms with Crippen LogP contribution in [0.3, 0.4) is 0 Å². The van der Waals surface area contributed by atoms with Gasteiger partial charge in [0.15, 0.2) is 0 Å². The van der Waals surface area contributed by atoms with Crippen molar-refractivity contribution in [3.63, 3.8) is 0 Å². The van der Waals surface area contributed by atoms with Crippen LogP contribution in [0.15, 0.2) is 30.5 Å². The SMILES string of the molecule is Cc1cn(C)c(C(=O)O)c1-c1ccc(Cl)cc1. The second kappa shape index (κ2) is 4.26. The molecule has 0 spiro atoms. The summed E-state index contributed by atoms with van der Waals surface area (Å²) in [6, 6.07) is 7.18. The van der Waals surface area contributed by atoms with E-state index < -0.39 is 5.97 Å². The molecule has 17 heavy (non-hydrogen) atoms. The summed E-state index contributed by atoms with van der Waals surface area (Å²) >= 11 is 5.82. The summed E-state index contributed by atoms with van der Waals surface area (Å²) < 4.78 is 1.63. The topological polar surface area (TPSA) is 42.2 Å². The number of rotatable bonds is 2. The molecule has 2 rings (SSSR count). The number of benzene rings is 1. The molecule has 0 aliphatic carbocycles. The van der Waals surface area contributed by atoms with Gasteiger partial charge in [-0.15, -0.1) is 0 Å². The van der Waals surface area contributed by atoms with Gasteiger partial charge in [0.2, 0.25) is 0 Å². The maximum absolute atomic E-state index is 11.2. The molecule has 0 amide bonds. The fraction of sp³-hybridized carbons (Fsp3) is 0.154. The Hall–Kier alpha value is -1.74. The highest BCUT2D eigenvalue weighted by Gasteiger charge is 2.18. The van der Waals surface area contributed by atoms with Crippen molar-refractivity contribution in [1.29, 1.82) is 0 Å². The number of aromatic carboxylic acids is 1. The van der Waals surface area contributed by atoms with Crippen LogP contribution in [0.25, 0.3) is 11.1 Å². The van der Waals surface area contributed by atoms with Gasteiger partial charge in [-0.1, -0.05) is 23.7 Å². The normalized spacial score (nSPS) is 10.5. The van der Waals surface area contributed by atoms with Gasteiger partial charge in [0, 0.05) is 23.8 Å². The average Bonchev–Trinajstić information content (AvgIpc) is 2.55. The summed E-state index contributed by atoms with van der Waals surface area (Å²) in [5.74, 6) is -0.925. The van der Waals surface area contributed by atoms with Gasteiger partial charge in [-0.2, -0.15) is 0 Å². The van der Waals surface area contributed by atoms with Crippen LogP contribution in [0.1, 0.15) is 16.1 Å². The van der Waals surface area contributed by atoms with Crippen molar-refractivity contribution in [3.05, 3.63) is 46.7 Å². The third-order valence-corrected chi connectivity index (χ3v) is 2.96. The molecule has 0 atom stereocenters. The predicted octanol–water partition coefficient (Wildman–Crippen LogP) is 3.35. The first-order valence-electron chi connectivity index (χ1n) is 5.16. The van der Waals surface area contributed by atoms with E-state index in [0.717, 1.165) is 16.7 Å². The Morgan fingerprint density at radius 3 is 2.41 bits per heavy atom. The summed E-state index contributed by atoms with van der Waals surface area (Å²) in [6.07, 6.45) is 1.81. The zero-order valence-corrected chi connectivity index (χ0v) is 10.3. The molecular formula is C13H12ClNO2. The third kappa shape index (κ3) is 2.06. The number of carbonyl (C=O) groups is 1. The van der Waals surface area contributed by atoms with Crippen molar-refractivity contribution in [3.8, 4) is 11.1 Å². The maximum Gasteiger partial charge on any atom is 0.353 e. The van der Waals surface area contributed by atoms with E-state index in [2.05, 4.69) is 0 Å². The largest absolute Gasteiger partial charge is 0.477 e. The van der Waals surface area contributed by atoms with E-state index in [1.165, 1.54) is 0 Å². The van der Waals surface area contributed by atoms with Crippen molar-refractivity contribution in [2.45, 2.75) is 6.92 Å². The number of carboxylic acid groups (broad SMARTS) is 1. The van der Waals surface area contributed by atoms with Gasteiger partial charge in [-0.3, -0.25) is 0 Å². The standard InChI is InChI=1S/C13H12ClNO2/c1-8-7-15(2)12(13(16)17)11(8)9-3-5-10(14)6-4-9/h3-7H,1-2H3,(H,16,17). The Labute approximate surface area is 104 Å². The van der Waals surface area contributed by atoms with Crippen LogP contribution >= 0.6 is 11.6 Å². The highest BCUT2D eigenvalue weighted by molar-refractivity contribution is 6.30. The second-order valence-corrected chi connectivity index (χ2v) is 4.40. The van der Waals surface area contributed by atoms with E-state index in [-0.39, 0.29) is 0 Å². The van der Waals surface area contributed by atoms with Gasteiger partial charge < -0.3 is 9.67 Å². The zero-order chi connectivity index (χ0) is 12.6. The molecule has 88 valence electrons. The third-order valence-electron chi connectivity index (χ3n) is 2.71. The molecule has 0 unspecified atom stereocenters. The molecule has 0 bridgehead atoms. The molecule has 1 heterocycles. The molecule has 1 aromatic heterocycles. The fourth-order valence-electron chi connectivity index (χ4n) is 2.02. The average molecular weight is 250 g/mol. The smallest absolute Gasteiger partial charge is 0.353 e. The van der Waals surface area contributed by atoms with Crippen LogP contribution in [-0.2, 0) is 7.05 Å². The minimum absolute atomic E-state index is 0.296. The van der Waals surface area contributed by atoms with Crippen LogP contribution in [-0.4, -0.2) is 15.6 Å². The molecule has 0 fully saturated rings. The Balaban J connectivity index is 2.66. The molecular weight excluding hydrogens is 238 g/mol.